The van der Waals surface area contributed by atoms with Crippen molar-refractivity contribution in [2.75, 3.05) is 6.61 Å². The van der Waals surface area contributed by atoms with Crippen LogP contribution in [0.4, 0.5) is 4.79 Å². The summed E-state index contributed by atoms with van der Waals surface area (Å²) in [6, 6.07) is 9.31. The van der Waals surface area contributed by atoms with Crippen molar-refractivity contribution in [1.82, 2.24) is 5.32 Å². The second-order valence-electron chi connectivity index (χ2n) is 5.69. The normalized spacial score (nSPS) is 14.6. The molecule has 19 heavy (non-hydrogen) atoms. The fourth-order valence-corrected chi connectivity index (χ4v) is 1.75. The SMILES string of the molecule is C[C@@H](CO)[C@H](NC(=O)OC(C)(C)C)c1ccccc1. The first-order valence-corrected chi connectivity index (χ1v) is 6.49. The Morgan fingerprint density at radius 2 is 1.89 bits per heavy atom. The zero-order valence-electron chi connectivity index (χ0n) is 12.0. The lowest BCUT2D eigenvalue weighted by molar-refractivity contribution is 0.0474. The molecule has 4 heteroatoms. The van der Waals surface area contributed by atoms with Crippen LogP contribution < -0.4 is 5.32 Å². The lowest BCUT2D eigenvalue weighted by Gasteiger charge is -2.26. The number of hydrogen-bond acceptors (Lipinski definition) is 3. The monoisotopic (exact) mass is 265 g/mol. The Balaban J connectivity index is 2.80. The topological polar surface area (TPSA) is 58.6 Å². The summed E-state index contributed by atoms with van der Waals surface area (Å²) in [6.07, 6.45) is -0.471. The molecule has 0 heterocycles. The molecule has 0 aliphatic rings. The van der Waals surface area contributed by atoms with Crippen molar-refractivity contribution in [2.24, 2.45) is 5.92 Å². The van der Waals surface area contributed by atoms with E-state index in [0.29, 0.717) is 0 Å². The van der Waals surface area contributed by atoms with Gasteiger partial charge in [-0.05, 0) is 26.3 Å². The summed E-state index contributed by atoms with van der Waals surface area (Å²) in [5, 5.41) is 12.1. The molecule has 0 aliphatic heterocycles. The molecular formula is C15H23NO3. The number of carbonyl (C=O) groups excluding carboxylic acids is 1. The van der Waals surface area contributed by atoms with Gasteiger partial charge in [0.05, 0.1) is 6.04 Å². The highest BCUT2D eigenvalue weighted by Gasteiger charge is 2.24. The van der Waals surface area contributed by atoms with Gasteiger partial charge in [0, 0.05) is 12.5 Å². The highest BCUT2D eigenvalue weighted by molar-refractivity contribution is 5.68. The van der Waals surface area contributed by atoms with Gasteiger partial charge in [-0.25, -0.2) is 4.79 Å². The molecule has 2 atom stereocenters. The molecule has 0 spiro atoms. The molecule has 0 unspecified atom stereocenters. The molecule has 0 aliphatic carbocycles. The first-order valence-electron chi connectivity index (χ1n) is 6.49. The van der Waals surface area contributed by atoms with Crippen molar-refractivity contribution < 1.29 is 14.6 Å². The van der Waals surface area contributed by atoms with Crippen LogP contribution in [0.15, 0.2) is 30.3 Å². The number of aliphatic hydroxyl groups is 1. The van der Waals surface area contributed by atoms with Crippen molar-refractivity contribution >= 4 is 6.09 Å². The fraction of sp³-hybridized carbons (Fsp3) is 0.533. The summed E-state index contributed by atoms with van der Waals surface area (Å²) in [6.45, 7) is 7.34. The van der Waals surface area contributed by atoms with E-state index in [9.17, 15) is 9.90 Å². The molecule has 1 amide bonds. The molecule has 4 nitrogen and oxygen atoms in total. The van der Waals surface area contributed by atoms with Gasteiger partial charge in [-0.3, -0.25) is 0 Å². The van der Waals surface area contributed by atoms with E-state index < -0.39 is 11.7 Å². The summed E-state index contributed by atoms with van der Waals surface area (Å²) >= 11 is 0. The lowest BCUT2D eigenvalue weighted by atomic mass is 9.95. The number of carbonyl (C=O) groups is 1. The largest absolute Gasteiger partial charge is 0.444 e. The van der Waals surface area contributed by atoms with Crippen LogP contribution in [0.3, 0.4) is 0 Å². The summed E-state index contributed by atoms with van der Waals surface area (Å²) in [5.41, 5.74) is 0.420. The van der Waals surface area contributed by atoms with Crippen LogP contribution in [-0.4, -0.2) is 23.4 Å². The number of aliphatic hydroxyl groups excluding tert-OH is 1. The van der Waals surface area contributed by atoms with Gasteiger partial charge in [-0.1, -0.05) is 37.3 Å². The van der Waals surface area contributed by atoms with Gasteiger partial charge in [-0.2, -0.15) is 0 Å². The molecule has 2 N–H and O–H groups in total. The van der Waals surface area contributed by atoms with Crippen molar-refractivity contribution in [2.45, 2.75) is 39.3 Å². The maximum atomic E-state index is 11.8. The maximum Gasteiger partial charge on any atom is 0.408 e. The molecule has 0 saturated carbocycles. The van der Waals surface area contributed by atoms with Gasteiger partial charge < -0.3 is 15.2 Å². The fourth-order valence-electron chi connectivity index (χ4n) is 1.75. The Morgan fingerprint density at radius 1 is 1.32 bits per heavy atom. The average molecular weight is 265 g/mol. The van der Waals surface area contributed by atoms with Crippen molar-refractivity contribution in [3.8, 4) is 0 Å². The second-order valence-corrected chi connectivity index (χ2v) is 5.69. The first-order chi connectivity index (χ1) is 8.83. The molecule has 106 valence electrons. The van der Waals surface area contributed by atoms with E-state index in [4.69, 9.17) is 4.74 Å². The molecular weight excluding hydrogens is 242 g/mol. The maximum absolute atomic E-state index is 11.8. The van der Waals surface area contributed by atoms with Gasteiger partial charge in [0.15, 0.2) is 0 Å². The molecule has 0 fully saturated rings. The van der Waals surface area contributed by atoms with Crippen LogP contribution >= 0.6 is 0 Å². The van der Waals surface area contributed by atoms with Crippen LogP contribution in [0.2, 0.25) is 0 Å². The van der Waals surface area contributed by atoms with Gasteiger partial charge in [0.2, 0.25) is 0 Å². The highest BCUT2D eigenvalue weighted by atomic mass is 16.6. The number of amides is 1. The third-order valence-electron chi connectivity index (χ3n) is 2.69. The standard InChI is InChI=1S/C15H23NO3/c1-11(10-17)13(12-8-6-5-7-9-12)16-14(18)19-15(2,3)4/h5-9,11,13,17H,10H2,1-4H3,(H,16,18)/t11-,13-/m0/s1. The minimum Gasteiger partial charge on any atom is -0.444 e. The zero-order valence-corrected chi connectivity index (χ0v) is 12.0. The Hall–Kier alpha value is -1.55. The number of ether oxygens (including phenoxy) is 1. The number of rotatable bonds is 4. The Morgan fingerprint density at radius 3 is 2.37 bits per heavy atom. The molecule has 1 aromatic carbocycles. The number of hydrogen-bond donors (Lipinski definition) is 2. The minimum absolute atomic E-state index is 0.00460. The first kappa shape index (κ1) is 15.5. The number of benzene rings is 1. The predicted molar refractivity (Wildman–Crippen MR) is 74.8 cm³/mol. The summed E-state index contributed by atoms with van der Waals surface area (Å²) in [5.74, 6) is -0.0880. The Kier molecular flexibility index (Phi) is 5.36. The average Bonchev–Trinajstić information content (AvgIpc) is 2.34. The van der Waals surface area contributed by atoms with Crippen molar-refractivity contribution in [3.63, 3.8) is 0 Å². The van der Waals surface area contributed by atoms with Gasteiger partial charge in [-0.15, -0.1) is 0 Å². The van der Waals surface area contributed by atoms with Crippen LogP contribution in [-0.2, 0) is 4.74 Å². The highest BCUT2D eigenvalue weighted by Crippen LogP contribution is 2.22. The molecule has 1 rings (SSSR count). The van der Waals surface area contributed by atoms with E-state index in [1.165, 1.54) is 0 Å². The second kappa shape index (κ2) is 6.57. The summed E-state index contributed by atoms with van der Waals surface area (Å²) in [4.78, 5) is 11.8. The zero-order chi connectivity index (χ0) is 14.5. The van der Waals surface area contributed by atoms with Crippen LogP contribution in [0.1, 0.15) is 39.3 Å². The molecule has 0 aromatic heterocycles. The van der Waals surface area contributed by atoms with Crippen LogP contribution in [0.25, 0.3) is 0 Å². The van der Waals surface area contributed by atoms with Gasteiger partial charge in [0.25, 0.3) is 0 Å². The lowest BCUT2D eigenvalue weighted by Crippen LogP contribution is -2.38. The Labute approximate surface area is 114 Å². The van der Waals surface area contributed by atoms with Crippen molar-refractivity contribution in [1.29, 1.82) is 0 Å². The number of nitrogens with one attached hydrogen (secondary N) is 1. The van der Waals surface area contributed by atoms with Crippen LogP contribution in [0, 0.1) is 5.92 Å². The van der Waals surface area contributed by atoms with Gasteiger partial charge in [0.1, 0.15) is 5.60 Å². The van der Waals surface area contributed by atoms with Crippen LogP contribution in [0.5, 0.6) is 0 Å². The van der Waals surface area contributed by atoms with Gasteiger partial charge >= 0.3 is 6.09 Å². The molecule has 0 saturated heterocycles. The van der Waals surface area contributed by atoms with E-state index in [1.54, 1.807) is 0 Å². The quantitative estimate of drug-likeness (QED) is 0.880. The summed E-state index contributed by atoms with van der Waals surface area (Å²) in [7, 11) is 0. The third-order valence-corrected chi connectivity index (χ3v) is 2.69. The molecule has 0 bridgehead atoms. The third kappa shape index (κ3) is 5.30. The van der Waals surface area contributed by atoms with E-state index in [1.807, 2.05) is 58.0 Å². The number of alkyl carbamates (subject to hydrolysis) is 1. The smallest absolute Gasteiger partial charge is 0.408 e. The summed E-state index contributed by atoms with van der Waals surface area (Å²) < 4.78 is 5.25. The predicted octanol–water partition coefficient (Wildman–Crippen LogP) is 2.88. The minimum atomic E-state index is -0.534. The van der Waals surface area contributed by atoms with E-state index in [0.717, 1.165) is 5.56 Å². The molecule has 1 aromatic rings. The van der Waals surface area contributed by atoms with E-state index >= 15 is 0 Å². The van der Waals surface area contributed by atoms with E-state index in [2.05, 4.69) is 5.32 Å². The van der Waals surface area contributed by atoms with E-state index in [-0.39, 0.29) is 18.6 Å². The molecule has 0 radical (unpaired) electrons. The van der Waals surface area contributed by atoms with Crippen molar-refractivity contribution in [3.05, 3.63) is 35.9 Å². The Bertz CT molecular complexity index is 398.